The van der Waals surface area contributed by atoms with Crippen molar-refractivity contribution in [2.45, 2.75) is 116 Å². The van der Waals surface area contributed by atoms with E-state index in [-0.39, 0.29) is 56.5 Å². The van der Waals surface area contributed by atoms with E-state index in [1.807, 2.05) is 4.90 Å². The number of likely N-dealkylation sites (N-methyl/N-ethyl adjacent to an activating group) is 2. The Morgan fingerprint density at radius 3 is 1.16 bits per heavy atom. The van der Waals surface area contributed by atoms with Gasteiger partial charge < -0.3 is 48.6 Å². The fraction of sp³-hybridized carbons (Fsp3) is 0.905. The quantitative estimate of drug-likeness (QED) is 0.0571. The number of unbranched alkanes of at least 4 members (excludes halogenated alkanes) is 9. The molecular weight excluding hydrogens is 718 g/mol. The Balaban J connectivity index is 1.40. The summed E-state index contributed by atoms with van der Waals surface area (Å²) in [5, 5.41) is 9.19. The summed E-state index contributed by atoms with van der Waals surface area (Å²) in [6.07, 6.45) is 13.7. The minimum atomic E-state index is -0.304. The molecule has 0 aromatic heterocycles. The molecule has 0 radical (unpaired) electrons. The fourth-order valence-corrected chi connectivity index (χ4v) is 6.78. The Hall–Kier alpha value is -2.36. The maximum Gasteiger partial charge on any atom is 0.307 e. The van der Waals surface area contributed by atoms with Crippen molar-refractivity contribution >= 4 is 23.9 Å². The van der Waals surface area contributed by atoms with Gasteiger partial charge in [-0.2, -0.15) is 0 Å². The number of piperazine rings is 2. The van der Waals surface area contributed by atoms with Crippen LogP contribution in [0.5, 0.6) is 0 Å². The van der Waals surface area contributed by atoms with E-state index in [0.29, 0.717) is 77.8 Å². The van der Waals surface area contributed by atoms with E-state index >= 15 is 0 Å². The Morgan fingerprint density at radius 1 is 0.429 bits per heavy atom. The average Bonchev–Trinajstić information content (AvgIpc) is 3.19. The summed E-state index contributed by atoms with van der Waals surface area (Å²) in [5.41, 5.74) is 0. The standard InChI is InChI=1S/C42H79N5O9/c1-43-26-30-46(31-27-43)21-9-5-3-7-17-39(49)53-35-13-15-37-55-41(51)19-24-45(23-11-12-34-48)25-20-42(52)56-38-16-14-36-54-40(50)18-8-4-6-10-22-47-32-28-44(2)29-33-47/h48H,3-38H2,1-2H3. The lowest BCUT2D eigenvalue weighted by atomic mass is 10.1. The maximum atomic E-state index is 12.4. The number of carbonyl (C=O) groups is 4. The first-order valence-electron chi connectivity index (χ1n) is 22.0. The van der Waals surface area contributed by atoms with Crippen LogP contribution in [0.15, 0.2) is 0 Å². The SMILES string of the molecule is CN1CCN(CCCCCCC(=O)OCCCCOC(=O)CCN(CCCCO)CCC(=O)OCCCCOC(=O)CCCCCCN2CCN(C)CC2)CC1. The molecule has 0 atom stereocenters. The Labute approximate surface area is 338 Å². The van der Waals surface area contributed by atoms with E-state index < -0.39 is 0 Å². The third-order valence-electron chi connectivity index (χ3n) is 10.7. The molecule has 0 saturated carbocycles. The van der Waals surface area contributed by atoms with Crippen molar-refractivity contribution < 1.29 is 43.2 Å². The molecule has 0 aliphatic carbocycles. The lowest BCUT2D eigenvalue weighted by Gasteiger charge is -2.32. The summed E-state index contributed by atoms with van der Waals surface area (Å²) < 4.78 is 21.4. The van der Waals surface area contributed by atoms with Crippen LogP contribution in [-0.2, 0) is 38.1 Å². The highest BCUT2D eigenvalue weighted by molar-refractivity contribution is 5.70. The second-order valence-corrected chi connectivity index (χ2v) is 15.7. The highest BCUT2D eigenvalue weighted by atomic mass is 16.5. The largest absolute Gasteiger partial charge is 0.466 e. The van der Waals surface area contributed by atoms with Crippen molar-refractivity contribution in [3.8, 4) is 0 Å². The molecule has 14 nitrogen and oxygen atoms in total. The van der Waals surface area contributed by atoms with Crippen molar-refractivity contribution in [1.82, 2.24) is 24.5 Å². The number of carbonyl (C=O) groups excluding carboxylic acids is 4. The van der Waals surface area contributed by atoms with Crippen molar-refractivity contribution in [1.29, 1.82) is 0 Å². The second-order valence-electron chi connectivity index (χ2n) is 15.7. The zero-order valence-corrected chi connectivity index (χ0v) is 35.4. The van der Waals surface area contributed by atoms with E-state index in [4.69, 9.17) is 18.9 Å². The number of aliphatic hydroxyl groups excluding tert-OH is 1. The van der Waals surface area contributed by atoms with Gasteiger partial charge in [0.25, 0.3) is 0 Å². The number of aliphatic hydroxyl groups is 1. The Bertz CT molecular complexity index is 949. The van der Waals surface area contributed by atoms with Crippen LogP contribution in [0.25, 0.3) is 0 Å². The van der Waals surface area contributed by atoms with Gasteiger partial charge in [-0.05, 0) is 97.9 Å². The molecule has 2 fully saturated rings. The van der Waals surface area contributed by atoms with Crippen molar-refractivity contribution in [3.63, 3.8) is 0 Å². The monoisotopic (exact) mass is 798 g/mol. The summed E-state index contributed by atoms with van der Waals surface area (Å²) in [4.78, 5) is 60.6. The average molecular weight is 798 g/mol. The molecule has 0 amide bonds. The number of ether oxygens (including phenoxy) is 4. The van der Waals surface area contributed by atoms with Gasteiger partial charge in [0.15, 0.2) is 0 Å². The van der Waals surface area contributed by atoms with Crippen molar-refractivity contribution in [2.75, 3.05) is 132 Å². The molecule has 326 valence electrons. The predicted molar refractivity (Wildman–Crippen MR) is 218 cm³/mol. The molecule has 0 spiro atoms. The number of esters is 4. The zero-order valence-electron chi connectivity index (χ0n) is 35.4. The lowest BCUT2D eigenvalue weighted by Crippen LogP contribution is -2.44. The van der Waals surface area contributed by atoms with E-state index in [9.17, 15) is 24.3 Å². The molecule has 2 saturated heterocycles. The third kappa shape index (κ3) is 28.1. The van der Waals surface area contributed by atoms with Crippen LogP contribution in [0.4, 0.5) is 0 Å². The Kier molecular flexibility index (Phi) is 29.9. The third-order valence-corrected chi connectivity index (χ3v) is 10.7. The number of hydrogen-bond acceptors (Lipinski definition) is 14. The van der Waals surface area contributed by atoms with Crippen molar-refractivity contribution in [3.05, 3.63) is 0 Å². The van der Waals surface area contributed by atoms with Crippen LogP contribution in [0, 0.1) is 0 Å². The first-order chi connectivity index (χ1) is 27.2. The zero-order chi connectivity index (χ0) is 40.5. The van der Waals surface area contributed by atoms with Crippen LogP contribution in [0.3, 0.4) is 0 Å². The summed E-state index contributed by atoms with van der Waals surface area (Å²) in [5.74, 6) is -0.927. The molecule has 0 aromatic carbocycles. The predicted octanol–water partition coefficient (Wildman–Crippen LogP) is 3.97. The van der Waals surface area contributed by atoms with Gasteiger partial charge >= 0.3 is 23.9 Å². The van der Waals surface area contributed by atoms with Crippen LogP contribution in [0.2, 0.25) is 0 Å². The van der Waals surface area contributed by atoms with Gasteiger partial charge in [0.1, 0.15) is 0 Å². The minimum Gasteiger partial charge on any atom is -0.466 e. The van der Waals surface area contributed by atoms with Gasteiger partial charge in [-0.1, -0.05) is 25.7 Å². The highest BCUT2D eigenvalue weighted by Crippen LogP contribution is 2.10. The van der Waals surface area contributed by atoms with Crippen LogP contribution >= 0.6 is 0 Å². The number of nitrogens with zero attached hydrogens (tertiary/aromatic N) is 5. The van der Waals surface area contributed by atoms with Gasteiger partial charge in [-0.3, -0.25) is 19.2 Å². The maximum absolute atomic E-state index is 12.4. The molecule has 56 heavy (non-hydrogen) atoms. The van der Waals surface area contributed by atoms with Gasteiger partial charge in [0, 0.05) is 84.9 Å². The summed E-state index contributed by atoms with van der Waals surface area (Å²) >= 11 is 0. The highest BCUT2D eigenvalue weighted by Gasteiger charge is 2.15. The smallest absolute Gasteiger partial charge is 0.307 e. The van der Waals surface area contributed by atoms with E-state index in [1.54, 1.807) is 0 Å². The summed E-state index contributed by atoms with van der Waals surface area (Å²) in [6.45, 7) is 14.3. The molecule has 2 aliphatic rings. The van der Waals surface area contributed by atoms with E-state index in [2.05, 4.69) is 33.7 Å². The van der Waals surface area contributed by atoms with Gasteiger partial charge in [0.2, 0.25) is 0 Å². The molecule has 14 heteroatoms. The van der Waals surface area contributed by atoms with Gasteiger partial charge in [-0.25, -0.2) is 0 Å². The van der Waals surface area contributed by atoms with Crippen LogP contribution in [-0.4, -0.2) is 186 Å². The Morgan fingerprint density at radius 2 is 0.786 bits per heavy atom. The minimum absolute atomic E-state index is 0.0946. The molecule has 1 N–H and O–H groups in total. The molecule has 2 rings (SSSR count). The van der Waals surface area contributed by atoms with Gasteiger partial charge in [0.05, 0.1) is 39.3 Å². The van der Waals surface area contributed by atoms with E-state index in [0.717, 1.165) is 110 Å². The lowest BCUT2D eigenvalue weighted by molar-refractivity contribution is -0.147. The fourth-order valence-electron chi connectivity index (χ4n) is 6.78. The molecule has 2 aliphatic heterocycles. The summed E-state index contributed by atoms with van der Waals surface area (Å²) in [6, 6.07) is 0. The second kappa shape index (κ2) is 33.6. The molecule has 0 aromatic rings. The topological polar surface area (TPSA) is 142 Å². The first kappa shape index (κ1) is 49.8. The normalized spacial score (nSPS) is 15.9. The van der Waals surface area contributed by atoms with E-state index in [1.165, 1.54) is 12.8 Å². The first-order valence-corrected chi connectivity index (χ1v) is 22.0. The van der Waals surface area contributed by atoms with Gasteiger partial charge in [-0.15, -0.1) is 0 Å². The molecule has 2 heterocycles. The molecular formula is C42H79N5O9. The van der Waals surface area contributed by atoms with Crippen LogP contribution in [0.1, 0.15) is 116 Å². The number of hydrogen-bond donors (Lipinski definition) is 1. The summed E-state index contributed by atoms with van der Waals surface area (Å²) in [7, 11) is 4.34. The van der Waals surface area contributed by atoms with Crippen LogP contribution < -0.4 is 0 Å². The molecule has 0 unspecified atom stereocenters. The molecule has 0 bridgehead atoms. The van der Waals surface area contributed by atoms with Crippen molar-refractivity contribution in [2.24, 2.45) is 0 Å². The number of rotatable bonds is 34.